The highest BCUT2D eigenvalue weighted by atomic mass is 32.2. The van der Waals surface area contributed by atoms with Crippen LogP contribution in [-0.4, -0.2) is 6.54 Å². The molecule has 0 atom stereocenters. The second-order valence-electron chi connectivity index (χ2n) is 5.69. The van der Waals surface area contributed by atoms with Crippen molar-refractivity contribution in [3.05, 3.63) is 59.4 Å². The van der Waals surface area contributed by atoms with E-state index in [-0.39, 0.29) is 5.58 Å². The number of alkyl halides is 3. The third-order valence-electron chi connectivity index (χ3n) is 4.06. The number of fused-ring (bicyclic) bond motifs is 3. The van der Waals surface area contributed by atoms with Crippen LogP contribution in [0.1, 0.15) is 16.9 Å². The summed E-state index contributed by atoms with van der Waals surface area (Å²) in [6, 6.07) is 12.4. The summed E-state index contributed by atoms with van der Waals surface area (Å²) >= 11 is 1.32. The molecule has 0 fully saturated rings. The van der Waals surface area contributed by atoms with Gasteiger partial charge < -0.3 is 9.73 Å². The molecule has 0 unspecified atom stereocenters. The lowest BCUT2D eigenvalue weighted by molar-refractivity contribution is -0.137. The highest BCUT2D eigenvalue weighted by molar-refractivity contribution is 7.99. The molecule has 4 rings (SSSR count). The van der Waals surface area contributed by atoms with Crippen molar-refractivity contribution >= 4 is 22.7 Å². The molecular weight excluding hydrogens is 335 g/mol. The lowest BCUT2D eigenvalue weighted by Gasteiger charge is -2.11. The molecule has 0 spiro atoms. The Bertz CT molecular complexity index is 887. The molecule has 0 aliphatic carbocycles. The van der Waals surface area contributed by atoms with Crippen molar-refractivity contribution in [2.75, 3.05) is 6.54 Å². The first kappa shape index (κ1) is 15.6. The number of halogens is 3. The zero-order chi connectivity index (χ0) is 16.7. The van der Waals surface area contributed by atoms with Gasteiger partial charge in [-0.2, -0.15) is 13.2 Å². The van der Waals surface area contributed by atoms with Crippen LogP contribution in [0.25, 0.3) is 11.0 Å². The minimum Gasteiger partial charge on any atom is -0.460 e. The maximum atomic E-state index is 13.5. The predicted molar refractivity (Wildman–Crippen MR) is 87.2 cm³/mol. The molecule has 0 bridgehead atoms. The van der Waals surface area contributed by atoms with E-state index in [4.69, 9.17) is 4.42 Å². The first-order valence-corrected chi connectivity index (χ1v) is 8.43. The molecule has 24 heavy (non-hydrogen) atoms. The monoisotopic (exact) mass is 349 g/mol. The number of hydrogen-bond donors (Lipinski definition) is 1. The second-order valence-corrected chi connectivity index (χ2v) is 6.84. The Hall–Kier alpha value is -1.92. The Morgan fingerprint density at radius 2 is 1.83 bits per heavy atom. The summed E-state index contributed by atoms with van der Waals surface area (Å²) in [5.74, 6) is 0.663. The Morgan fingerprint density at radius 1 is 1.04 bits per heavy atom. The maximum Gasteiger partial charge on any atom is 0.420 e. The SMILES string of the molecule is FC(F)(F)c1cc(Sc2ccccc2)cc2c3c(oc12)CCNC3. The zero-order valence-corrected chi connectivity index (χ0v) is 13.4. The fourth-order valence-corrected chi connectivity index (χ4v) is 3.90. The van der Waals surface area contributed by atoms with Crippen LogP contribution in [0.15, 0.2) is 56.7 Å². The third kappa shape index (κ3) is 2.80. The van der Waals surface area contributed by atoms with Crippen LogP contribution in [0, 0.1) is 0 Å². The Balaban J connectivity index is 1.89. The van der Waals surface area contributed by atoms with Crippen LogP contribution in [0.2, 0.25) is 0 Å². The van der Waals surface area contributed by atoms with E-state index in [9.17, 15) is 13.2 Å². The van der Waals surface area contributed by atoms with Gasteiger partial charge >= 0.3 is 6.18 Å². The maximum absolute atomic E-state index is 13.5. The minimum atomic E-state index is -4.45. The molecule has 2 heterocycles. The normalized spacial score (nSPS) is 14.8. The van der Waals surface area contributed by atoms with Gasteiger partial charge in [-0.3, -0.25) is 0 Å². The average molecular weight is 349 g/mol. The molecule has 1 aromatic heterocycles. The zero-order valence-electron chi connectivity index (χ0n) is 12.6. The molecule has 0 saturated heterocycles. The highest BCUT2D eigenvalue weighted by Gasteiger charge is 2.36. The van der Waals surface area contributed by atoms with Crippen LogP contribution in [0.3, 0.4) is 0 Å². The molecular formula is C18H14F3NOS. The average Bonchev–Trinajstić information content (AvgIpc) is 2.93. The van der Waals surface area contributed by atoms with E-state index < -0.39 is 11.7 Å². The van der Waals surface area contributed by atoms with E-state index in [0.717, 1.165) is 17.0 Å². The van der Waals surface area contributed by atoms with Gasteiger partial charge in [0.25, 0.3) is 0 Å². The van der Waals surface area contributed by atoms with Gasteiger partial charge in [0.1, 0.15) is 11.3 Å². The minimum absolute atomic E-state index is 0.0476. The van der Waals surface area contributed by atoms with Gasteiger partial charge in [0.2, 0.25) is 0 Å². The molecule has 1 aliphatic rings. The fraction of sp³-hybridized carbons (Fsp3) is 0.222. The number of benzene rings is 2. The second kappa shape index (κ2) is 5.86. The Morgan fingerprint density at radius 3 is 2.58 bits per heavy atom. The molecule has 3 aromatic rings. The summed E-state index contributed by atoms with van der Waals surface area (Å²) in [6.07, 6.45) is -3.83. The first-order chi connectivity index (χ1) is 11.5. The molecule has 0 saturated carbocycles. The Labute approximate surface area is 141 Å². The standard InChI is InChI=1S/C18H14F3NOS/c19-18(20,21)15-9-12(24-11-4-2-1-3-5-11)8-13-14-10-22-7-6-16(14)23-17(13)15/h1-5,8-9,22H,6-7,10H2. The van der Waals surface area contributed by atoms with E-state index >= 15 is 0 Å². The number of nitrogens with one attached hydrogen (secondary N) is 1. The van der Waals surface area contributed by atoms with Gasteiger partial charge in [0.15, 0.2) is 0 Å². The third-order valence-corrected chi connectivity index (χ3v) is 5.04. The van der Waals surface area contributed by atoms with Crippen LogP contribution in [-0.2, 0) is 19.1 Å². The van der Waals surface area contributed by atoms with Gasteiger partial charge in [-0.15, -0.1) is 0 Å². The van der Waals surface area contributed by atoms with Crippen molar-refractivity contribution in [1.29, 1.82) is 0 Å². The Kier molecular flexibility index (Phi) is 3.81. The summed E-state index contributed by atoms with van der Waals surface area (Å²) in [6.45, 7) is 1.26. The predicted octanol–water partition coefficient (Wildman–Crippen LogP) is 5.25. The smallest absolute Gasteiger partial charge is 0.420 e. The highest BCUT2D eigenvalue weighted by Crippen LogP contribution is 2.42. The lowest BCUT2D eigenvalue weighted by atomic mass is 10.0. The van der Waals surface area contributed by atoms with Gasteiger partial charge in [-0.1, -0.05) is 30.0 Å². The summed E-state index contributed by atoms with van der Waals surface area (Å²) in [7, 11) is 0. The van der Waals surface area contributed by atoms with Crippen molar-refractivity contribution in [2.24, 2.45) is 0 Å². The molecule has 2 nitrogen and oxygen atoms in total. The van der Waals surface area contributed by atoms with Gasteiger partial charge in [-0.25, -0.2) is 0 Å². The molecule has 0 radical (unpaired) electrons. The van der Waals surface area contributed by atoms with Gasteiger partial charge in [0, 0.05) is 40.3 Å². The quantitative estimate of drug-likeness (QED) is 0.684. The number of hydrogen-bond acceptors (Lipinski definition) is 3. The van der Waals surface area contributed by atoms with Crippen LogP contribution in [0.4, 0.5) is 13.2 Å². The van der Waals surface area contributed by atoms with Gasteiger partial charge in [-0.05, 0) is 24.3 Å². The fourth-order valence-electron chi connectivity index (χ4n) is 2.98. The van der Waals surface area contributed by atoms with Crippen molar-refractivity contribution in [3.8, 4) is 0 Å². The topological polar surface area (TPSA) is 25.2 Å². The van der Waals surface area contributed by atoms with Gasteiger partial charge in [0.05, 0.1) is 5.56 Å². The van der Waals surface area contributed by atoms with E-state index in [1.165, 1.54) is 17.8 Å². The van der Waals surface area contributed by atoms with Crippen molar-refractivity contribution in [1.82, 2.24) is 5.32 Å². The molecule has 2 aromatic carbocycles. The molecule has 6 heteroatoms. The van der Waals surface area contributed by atoms with Crippen molar-refractivity contribution in [3.63, 3.8) is 0 Å². The number of rotatable bonds is 2. The van der Waals surface area contributed by atoms with Crippen LogP contribution >= 0.6 is 11.8 Å². The molecule has 1 N–H and O–H groups in total. The van der Waals surface area contributed by atoms with Crippen molar-refractivity contribution < 1.29 is 17.6 Å². The largest absolute Gasteiger partial charge is 0.460 e. The van der Waals surface area contributed by atoms with E-state index in [1.54, 1.807) is 6.07 Å². The number of furan rings is 1. The molecule has 124 valence electrons. The molecule has 0 amide bonds. The van der Waals surface area contributed by atoms with E-state index in [1.807, 2.05) is 30.3 Å². The van der Waals surface area contributed by atoms with Crippen LogP contribution < -0.4 is 5.32 Å². The molecule has 1 aliphatic heterocycles. The summed E-state index contributed by atoms with van der Waals surface area (Å²) in [5.41, 5.74) is 0.0960. The van der Waals surface area contributed by atoms with Crippen molar-refractivity contribution in [2.45, 2.75) is 28.9 Å². The lowest BCUT2D eigenvalue weighted by Crippen LogP contribution is -2.22. The summed E-state index contributed by atoms with van der Waals surface area (Å²) < 4.78 is 46.1. The van der Waals surface area contributed by atoms with E-state index in [0.29, 0.717) is 29.0 Å². The summed E-state index contributed by atoms with van der Waals surface area (Å²) in [4.78, 5) is 1.47. The van der Waals surface area contributed by atoms with E-state index in [2.05, 4.69) is 5.32 Å². The van der Waals surface area contributed by atoms with Crippen LogP contribution in [0.5, 0.6) is 0 Å². The first-order valence-electron chi connectivity index (χ1n) is 7.61. The summed E-state index contributed by atoms with van der Waals surface area (Å²) in [5, 5.41) is 3.76.